The number of aliphatic hydroxyl groups excluding tert-OH is 3. The molecule has 6 heteroatoms. The molecular weight excluding hydrogens is 392 g/mol. The van der Waals surface area contributed by atoms with Crippen LogP contribution in [-0.4, -0.2) is 46.8 Å². The molecule has 2 aromatic carbocycles. The maximum atomic E-state index is 10.3. The summed E-state index contributed by atoms with van der Waals surface area (Å²) in [6.07, 6.45) is 0.0506. The predicted molar refractivity (Wildman–Crippen MR) is 111 cm³/mol. The normalized spacial score (nSPS) is 26.1. The highest BCUT2D eigenvalue weighted by atomic mass is 35.5. The summed E-state index contributed by atoms with van der Waals surface area (Å²) in [5.41, 5.74) is 4.96. The molecule has 5 nitrogen and oxygen atoms in total. The number of ether oxygens (including phenoxy) is 2. The van der Waals surface area contributed by atoms with Gasteiger partial charge in [0.2, 0.25) is 0 Å². The molecule has 154 valence electrons. The van der Waals surface area contributed by atoms with Gasteiger partial charge in [-0.05, 0) is 28.7 Å². The lowest BCUT2D eigenvalue weighted by atomic mass is 9.88. The van der Waals surface area contributed by atoms with Gasteiger partial charge in [0.05, 0.1) is 30.4 Å². The predicted octanol–water partition coefficient (Wildman–Crippen LogP) is 3.05. The molecule has 0 radical (unpaired) electrons. The fourth-order valence-electron chi connectivity index (χ4n) is 4.12. The second kappa shape index (κ2) is 8.46. The lowest BCUT2D eigenvalue weighted by Gasteiger charge is -2.37. The minimum atomic E-state index is -1.10. The second-order valence-electron chi connectivity index (χ2n) is 7.61. The van der Waals surface area contributed by atoms with E-state index in [1.807, 2.05) is 30.3 Å². The van der Waals surface area contributed by atoms with E-state index in [1.54, 1.807) is 6.08 Å². The molecule has 2 heterocycles. The SMILES string of the molecule is C=Cc1ccc(Cc2cc(C3CC(O)[C@H](O)C(CO)O3)c3c(c2Cl)OCC3)cc1. The van der Waals surface area contributed by atoms with Gasteiger partial charge in [0.1, 0.15) is 18.0 Å². The maximum absolute atomic E-state index is 10.3. The number of benzene rings is 2. The summed E-state index contributed by atoms with van der Waals surface area (Å²) in [6.45, 7) is 3.96. The van der Waals surface area contributed by atoms with Gasteiger partial charge in [-0.3, -0.25) is 0 Å². The maximum Gasteiger partial charge on any atom is 0.141 e. The summed E-state index contributed by atoms with van der Waals surface area (Å²) in [6, 6.07) is 10.1. The quantitative estimate of drug-likeness (QED) is 0.698. The van der Waals surface area contributed by atoms with Gasteiger partial charge in [-0.25, -0.2) is 0 Å². The first-order chi connectivity index (χ1) is 14.0. The van der Waals surface area contributed by atoms with Crippen molar-refractivity contribution in [1.29, 1.82) is 0 Å². The molecule has 0 amide bonds. The lowest BCUT2D eigenvalue weighted by Crippen LogP contribution is -2.47. The first kappa shape index (κ1) is 20.4. The fraction of sp³-hybridized carbons (Fsp3) is 0.391. The third kappa shape index (κ3) is 3.93. The zero-order valence-electron chi connectivity index (χ0n) is 16.1. The number of halogens is 1. The Morgan fingerprint density at radius 3 is 2.66 bits per heavy atom. The van der Waals surface area contributed by atoms with Crippen LogP contribution in [0.15, 0.2) is 36.9 Å². The summed E-state index contributed by atoms with van der Waals surface area (Å²) in [5, 5.41) is 30.4. The van der Waals surface area contributed by atoms with Crippen LogP contribution < -0.4 is 4.74 Å². The van der Waals surface area contributed by atoms with Gasteiger partial charge in [0.25, 0.3) is 0 Å². The molecule has 2 aliphatic rings. The standard InChI is InChI=1S/C23H25ClO5/c1-2-13-3-5-14(6-4-13)9-15-10-17(16-7-8-28-23(16)21(15)24)19-11-18(26)22(27)20(12-25)29-19/h2-6,10,18-20,22,25-27H,1,7-9,11-12H2/t18?,19?,20?,22-/m0/s1. The molecule has 0 aliphatic carbocycles. The van der Waals surface area contributed by atoms with Crippen molar-refractivity contribution in [3.63, 3.8) is 0 Å². The molecule has 4 rings (SSSR count). The summed E-state index contributed by atoms with van der Waals surface area (Å²) in [4.78, 5) is 0. The minimum absolute atomic E-state index is 0.249. The van der Waals surface area contributed by atoms with Crippen LogP contribution in [0.4, 0.5) is 0 Å². The van der Waals surface area contributed by atoms with Crippen LogP contribution in [-0.2, 0) is 17.6 Å². The van der Waals surface area contributed by atoms with Crippen LogP contribution >= 0.6 is 11.6 Å². The van der Waals surface area contributed by atoms with Gasteiger partial charge >= 0.3 is 0 Å². The number of aliphatic hydroxyl groups is 3. The van der Waals surface area contributed by atoms with Gasteiger partial charge in [0, 0.05) is 18.4 Å². The van der Waals surface area contributed by atoms with E-state index in [2.05, 4.69) is 6.58 Å². The molecule has 0 spiro atoms. The summed E-state index contributed by atoms with van der Waals surface area (Å²) < 4.78 is 11.7. The van der Waals surface area contributed by atoms with Crippen LogP contribution in [0.3, 0.4) is 0 Å². The fourth-order valence-corrected chi connectivity index (χ4v) is 4.41. The Balaban J connectivity index is 1.70. The molecule has 0 bridgehead atoms. The molecule has 29 heavy (non-hydrogen) atoms. The van der Waals surface area contributed by atoms with Crippen molar-refractivity contribution in [1.82, 2.24) is 0 Å². The molecule has 3 unspecified atom stereocenters. The van der Waals surface area contributed by atoms with Crippen molar-refractivity contribution in [2.24, 2.45) is 0 Å². The van der Waals surface area contributed by atoms with E-state index in [9.17, 15) is 15.3 Å². The Kier molecular flexibility index (Phi) is 5.95. The molecule has 2 aromatic rings. The van der Waals surface area contributed by atoms with E-state index in [-0.39, 0.29) is 13.0 Å². The highest BCUT2D eigenvalue weighted by Crippen LogP contribution is 2.44. The van der Waals surface area contributed by atoms with E-state index in [0.29, 0.717) is 30.2 Å². The van der Waals surface area contributed by atoms with Gasteiger partial charge in [-0.2, -0.15) is 0 Å². The number of fused-ring (bicyclic) bond motifs is 1. The molecule has 1 saturated heterocycles. The van der Waals surface area contributed by atoms with Gasteiger partial charge in [0.15, 0.2) is 0 Å². The Morgan fingerprint density at radius 1 is 1.21 bits per heavy atom. The largest absolute Gasteiger partial charge is 0.491 e. The van der Waals surface area contributed by atoms with Crippen molar-refractivity contribution in [2.45, 2.75) is 43.7 Å². The van der Waals surface area contributed by atoms with Crippen molar-refractivity contribution < 1.29 is 24.8 Å². The molecule has 0 aromatic heterocycles. The molecule has 0 saturated carbocycles. The summed E-state index contributed by atoms with van der Waals surface area (Å²) in [7, 11) is 0. The monoisotopic (exact) mass is 416 g/mol. The highest BCUT2D eigenvalue weighted by molar-refractivity contribution is 6.33. The van der Waals surface area contributed by atoms with Crippen molar-refractivity contribution in [3.05, 3.63) is 69.8 Å². The van der Waals surface area contributed by atoms with Gasteiger partial charge in [-0.15, -0.1) is 0 Å². The smallest absolute Gasteiger partial charge is 0.141 e. The Bertz CT molecular complexity index is 895. The second-order valence-corrected chi connectivity index (χ2v) is 7.98. The van der Waals surface area contributed by atoms with Crippen molar-refractivity contribution >= 4 is 17.7 Å². The van der Waals surface area contributed by atoms with E-state index in [4.69, 9.17) is 21.1 Å². The molecule has 2 aliphatic heterocycles. The summed E-state index contributed by atoms with van der Waals surface area (Å²) in [5.74, 6) is 0.673. The Morgan fingerprint density at radius 2 is 1.97 bits per heavy atom. The third-order valence-corrected chi connectivity index (χ3v) is 6.15. The average molecular weight is 417 g/mol. The lowest BCUT2D eigenvalue weighted by molar-refractivity contribution is -0.181. The van der Waals surface area contributed by atoms with E-state index in [0.717, 1.165) is 27.8 Å². The highest BCUT2D eigenvalue weighted by Gasteiger charge is 2.39. The molecule has 1 fully saturated rings. The van der Waals surface area contributed by atoms with Crippen LogP contribution in [0.1, 0.15) is 40.3 Å². The zero-order valence-corrected chi connectivity index (χ0v) is 16.8. The first-order valence-electron chi connectivity index (χ1n) is 9.82. The van der Waals surface area contributed by atoms with E-state index in [1.165, 1.54) is 0 Å². The third-order valence-electron chi connectivity index (χ3n) is 5.74. The Hall–Kier alpha value is -1.89. The van der Waals surface area contributed by atoms with Crippen molar-refractivity contribution in [3.8, 4) is 5.75 Å². The van der Waals surface area contributed by atoms with Crippen LogP contribution in [0, 0.1) is 0 Å². The molecular formula is C23H25ClO5. The van der Waals surface area contributed by atoms with Crippen molar-refractivity contribution in [2.75, 3.05) is 13.2 Å². The molecule has 3 N–H and O–H groups in total. The average Bonchev–Trinajstić information content (AvgIpc) is 3.23. The first-order valence-corrected chi connectivity index (χ1v) is 10.2. The number of hydrogen-bond donors (Lipinski definition) is 3. The van der Waals surface area contributed by atoms with E-state index < -0.39 is 24.4 Å². The summed E-state index contributed by atoms with van der Waals surface area (Å²) >= 11 is 6.67. The van der Waals surface area contributed by atoms with Crippen LogP contribution in [0.25, 0.3) is 6.08 Å². The van der Waals surface area contributed by atoms with Crippen LogP contribution in [0.5, 0.6) is 5.75 Å². The zero-order chi connectivity index (χ0) is 20.5. The number of rotatable bonds is 5. The number of hydrogen-bond acceptors (Lipinski definition) is 5. The molecule has 4 atom stereocenters. The minimum Gasteiger partial charge on any atom is -0.491 e. The Labute approximate surface area is 175 Å². The van der Waals surface area contributed by atoms with Crippen LogP contribution in [0.2, 0.25) is 5.02 Å². The van der Waals surface area contributed by atoms with E-state index >= 15 is 0 Å². The topological polar surface area (TPSA) is 79.2 Å². The van der Waals surface area contributed by atoms with Gasteiger partial charge < -0.3 is 24.8 Å². The van der Waals surface area contributed by atoms with Gasteiger partial charge in [-0.1, -0.05) is 54.6 Å².